The van der Waals surface area contributed by atoms with E-state index in [0.29, 0.717) is 5.75 Å². The van der Waals surface area contributed by atoms with Gasteiger partial charge in [-0.3, -0.25) is 0 Å². The number of benzene rings is 2. The second kappa shape index (κ2) is 5.10. The predicted molar refractivity (Wildman–Crippen MR) is 68.8 cm³/mol. The van der Waals surface area contributed by atoms with E-state index in [2.05, 4.69) is 0 Å². The minimum atomic E-state index is -0.468. The molecule has 0 radical (unpaired) electrons. The van der Waals surface area contributed by atoms with Gasteiger partial charge in [-0.1, -0.05) is 18.3 Å². The van der Waals surface area contributed by atoms with E-state index >= 15 is 0 Å². The highest BCUT2D eigenvalue weighted by atomic mass is 32.1. The number of ether oxygens (including phenoxy) is 1. The van der Waals surface area contributed by atoms with Crippen LogP contribution in [-0.4, -0.2) is 4.99 Å². The van der Waals surface area contributed by atoms with Gasteiger partial charge < -0.3 is 10.5 Å². The highest BCUT2D eigenvalue weighted by Gasteiger charge is 2.09. The molecule has 0 amide bonds. The molecule has 0 aliphatic rings. The van der Waals surface area contributed by atoms with E-state index in [9.17, 15) is 8.78 Å². The molecule has 0 atom stereocenters. The first-order valence-electron chi connectivity index (χ1n) is 5.09. The molecule has 0 heterocycles. The zero-order valence-electron chi connectivity index (χ0n) is 9.19. The van der Waals surface area contributed by atoms with Gasteiger partial charge in [-0.05, 0) is 30.3 Å². The molecule has 92 valence electrons. The number of nitrogens with two attached hydrogens (primary N) is 1. The predicted octanol–water partition coefficient (Wildman–Crippen LogP) is 3.39. The van der Waals surface area contributed by atoms with E-state index in [-0.39, 0.29) is 16.3 Å². The normalized spacial score (nSPS) is 10.1. The largest absolute Gasteiger partial charge is 0.457 e. The van der Waals surface area contributed by atoms with Crippen molar-refractivity contribution in [3.63, 3.8) is 0 Å². The van der Waals surface area contributed by atoms with Crippen molar-refractivity contribution in [2.75, 3.05) is 0 Å². The summed E-state index contributed by atoms with van der Waals surface area (Å²) in [6, 6.07) is 9.39. The first-order chi connectivity index (χ1) is 8.56. The topological polar surface area (TPSA) is 35.2 Å². The molecule has 0 saturated carbocycles. The average molecular weight is 265 g/mol. The maximum Gasteiger partial charge on any atom is 0.137 e. The number of thiocarbonyl (C=S) groups is 1. The zero-order chi connectivity index (χ0) is 13.1. The molecular formula is C13H9F2NOS. The van der Waals surface area contributed by atoms with E-state index < -0.39 is 11.6 Å². The molecule has 0 saturated heterocycles. The van der Waals surface area contributed by atoms with E-state index in [1.54, 1.807) is 6.07 Å². The van der Waals surface area contributed by atoms with Crippen LogP contribution in [0.1, 0.15) is 5.56 Å². The first-order valence-corrected chi connectivity index (χ1v) is 5.50. The average Bonchev–Trinajstić information content (AvgIpc) is 2.31. The maximum atomic E-state index is 13.1. The molecule has 2 nitrogen and oxygen atoms in total. The Morgan fingerprint density at radius 2 is 1.78 bits per heavy atom. The van der Waals surface area contributed by atoms with Crippen molar-refractivity contribution in [2.24, 2.45) is 5.73 Å². The van der Waals surface area contributed by atoms with Crippen LogP contribution in [0.4, 0.5) is 8.78 Å². The summed E-state index contributed by atoms with van der Waals surface area (Å²) in [7, 11) is 0. The molecule has 0 spiro atoms. The lowest BCUT2D eigenvalue weighted by Crippen LogP contribution is -2.11. The van der Waals surface area contributed by atoms with Gasteiger partial charge in [-0.2, -0.15) is 0 Å². The van der Waals surface area contributed by atoms with Crippen molar-refractivity contribution in [2.45, 2.75) is 0 Å². The SMILES string of the molecule is NC(=S)c1cc(F)ccc1Oc1cccc(F)c1. The van der Waals surface area contributed by atoms with Gasteiger partial charge in [0.2, 0.25) is 0 Å². The van der Waals surface area contributed by atoms with Crippen LogP contribution in [0.25, 0.3) is 0 Å². The number of halogens is 2. The lowest BCUT2D eigenvalue weighted by molar-refractivity contribution is 0.474. The second-order valence-electron chi connectivity index (χ2n) is 3.56. The van der Waals surface area contributed by atoms with Crippen LogP contribution in [0.3, 0.4) is 0 Å². The first kappa shape index (κ1) is 12.4. The number of hydrogen-bond acceptors (Lipinski definition) is 2. The third kappa shape index (κ3) is 2.81. The molecule has 18 heavy (non-hydrogen) atoms. The third-order valence-corrected chi connectivity index (χ3v) is 2.45. The van der Waals surface area contributed by atoms with Crippen LogP contribution in [0.15, 0.2) is 42.5 Å². The van der Waals surface area contributed by atoms with Crippen molar-refractivity contribution < 1.29 is 13.5 Å². The summed E-state index contributed by atoms with van der Waals surface area (Å²) < 4.78 is 31.5. The highest BCUT2D eigenvalue weighted by Crippen LogP contribution is 2.26. The molecule has 2 N–H and O–H groups in total. The molecule has 2 aromatic rings. The van der Waals surface area contributed by atoms with Crippen molar-refractivity contribution in [3.8, 4) is 11.5 Å². The lowest BCUT2D eigenvalue weighted by Gasteiger charge is -2.10. The van der Waals surface area contributed by atoms with Crippen LogP contribution >= 0.6 is 12.2 Å². The summed E-state index contributed by atoms with van der Waals surface area (Å²) >= 11 is 4.81. The van der Waals surface area contributed by atoms with Crippen LogP contribution in [-0.2, 0) is 0 Å². The molecule has 0 aromatic heterocycles. The van der Waals surface area contributed by atoms with Gasteiger partial charge in [0, 0.05) is 6.07 Å². The Labute approximate surface area is 108 Å². The monoisotopic (exact) mass is 265 g/mol. The summed E-state index contributed by atoms with van der Waals surface area (Å²) in [6.45, 7) is 0. The molecular weight excluding hydrogens is 256 g/mol. The van der Waals surface area contributed by atoms with Gasteiger partial charge >= 0.3 is 0 Å². The zero-order valence-corrected chi connectivity index (χ0v) is 10.0. The van der Waals surface area contributed by atoms with E-state index in [0.717, 1.165) is 0 Å². The Morgan fingerprint density at radius 3 is 2.44 bits per heavy atom. The Bertz CT molecular complexity index is 601. The van der Waals surface area contributed by atoms with Crippen molar-refractivity contribution >= 4 is 17.2 Å². The lowest BCUT2D eigenvalue weighted by atomic mass is 10.2. The Hall–Kier alpha value is -2.01. The summed E-state index contributed by atoms with van der Waals surface area (Å²) in [4.78, 5) is 0.0147. The molecule has 5 heteroatoms. The smallest absolute Gasteiger partial charge is 0.137 e. The van der Waals surface area contributed by atoms with Gasteiger partial charge in [0.25, 0.3) is 0 Å². The Balaban J connectivity index is 2.37. The van der Waals surface area contributed by atoms with E-state index in [1.807, 2.05) is 0 Å². The van der Waals surface area contributed by atoms with E-state index in [1.165, 1.54) is 36.4 Å². The summed E-state index contributed by atoms with van der Waals surface area (Å²) in [5.74, 6) is -0.315. The van der Waals surface area contributed by atoms with E-state index in [4.69, 9.17) is 22.7 Å². The fraction of sp³-hybridized carbons (Fsp3) is 0. The van der Waals surface area contributed by atoms with Crippen LogP contribution in [0.5, 0.6) is 11.5 Å². The molecule has 0 aliphatic heterocycles. The van der Waals surface area contributed by atoms with Gasteiger partial charge in [0.15, 0.2) is 0 Å². The van der Waals surface area contributed by atoms with Crippen molar-refractivity contribution in [1.29, 1.82) is 0 Å². The minimum Gasteiger partial charge on any atom is -0.457 e. The molecule has 2 rings (SSSR count). The van der Waals surface area contributed by atoms with Crippen LogP contribution < -0.4 is 10.5 Å². The third-order valence-electron chi connectivity index (χ3n) is 2.23. The second-order valence-corrected chi connectivity index (χ2v) is 4.00. The van der Waals surface area contributed by atoms with Gasteiger partial charge in [0.05, 0.1) is 5.56 Å². The molecule has 0 aliphatic carbocycles. The van der Waals surface area contributed by atoms with Gasteiger partial charge in [0.1, 0.15) is 28.1 Å². The Morgan fingerprint density at radius 1 is 1.06 bits per heavy atom. The van der Waals surface area contributed by atoms with Crippen molar-refractivity contribution in [3.05, 3.63) is 59.7 Å². The summed E-state index contributed by atoms with van der Waals surface area (Å²) in [5.41, 5.74) is 5.75. The van der Waals surface area contributed by atoms with Gasteiger partial charge in [-0.25, -0.2) is 8.78 Å². The fourth-order valence-electron chi connectivity index (χ4n) is 1.44. The highest BCUT2D eigenvalue weighted by molar-refractivity contribution is 7.80. The van der Waals surface area contributed by atoms with Gasteiger partial charge in [-0.15, -0.1) is 0 Å². The van der Waals surface area contributed by atoms with Crippen LogP contribution in [0.2, 0.25) is 0 Å². The number of hydrogen-bond donors (Lipinski definition) is 1. The molecule has 0 fully saturated rings. The summed E-state index contributed by atoms with van der Waals surface area (Å²) in [6.07, 6.45) is 0. The molecule has 0 unspecified atom stereocenters. The molecule has 0 bridgehead atoms. The minimum absolute atomic E-state index is 0.0147. The van der Waals surface area contributed by atoms with Crippen molar-refractivity contribution in [1.82, 2.24) is 0 Å². The maximum absolute atomic E-state index is 13.1. The van der Waals surface area contributed by atoms with Crippen LogP contribution in [0, 0.1) is 11.6 Å². The molecule has 2 aromatic carbocycles. The number of rotatable bonds is 3. The summed E-state index contributed by atoms with van der Waals surface area (Å²) in [5, 5.41) is 0. The quantitative estimate of drug-likeness (QED) is 0.864. The fourth-order valence-corrected chi connectivity index (χ4v) is 1.60. The standard InChI is InChI=1S/C13H9F2NOS/c14-8-2-1-3-10(6-8)17-12-5-4-9(15)7-11(12)13(16)18/h1-7H,(H2,16,18). The Kier molecular flexibility index (Phi) is 3.53.